The Morgan fingerprint density at radius 2 is 1.84 bits per heavy atom. The molecule has 0 saturated carbocycles. The number of halogens is 2. The number of nitrogens with zero attached hydrogens (tertiary/aromatic N) is 5. The highest BCUT2D eigenvalue weighted by Crippen LogP contribution is 2.33. The Labute approximate surface area is 214 Å². The minimum atomic E-state index is -0.886. The molecule has 2 aromatic carbocycles. The average Bonchev–Trinajstić information content (AvgIpc) is 3.51. The van der Waals surface area contributed by atoms with Gasteiger partial charge in [-0.15, -0.1) is 0 Å². The van der Waals surface area contributed by atoms with Crippen molar-refractivity contribution in [3.63, 3.8) is 0 Å². The summed E-state index contributed by atoms with van der Waals surface area (Å²) in [4.78, 5) is 13.3. The van der Waals surface area contributed by atoms with Gasteiger partial charge in [-0.3, -0.25) is 10.00 Å². The van der Waals surface area contributed by atoms with Gasteiger partial charge in [-0.2, -0.15) is 10.2 Å². The van der Waals surface area contributed by atoms with E-state index in [-0.39, 0.29) is 12.0 Å². The number of quaternary nitrogens is 1. The summed E-state index contributed by atoms with van der Waals surface area (Å²) in [6.45, 7) is 3.24. The van der Waals surface area contributed by atoms with Gasteiger partial charge in [0, 0.05) is 24.4 Å². The topological polar surface area (TPSA) is 76.8 Å². The lowest BCUT2D eigenvalue weighted by Gasteiger charge is -2.23. The molecule has 192 valence electrons. The van der Waals surface area contributed by atoms with Crippen molar-refractivity contribution >= 4 is 11.8 Å². The molecule has 2 N–H and O–H groups in total. The highest BCUT2D eigenvalue weighted by molar-refractivity contribution is 5.91. The Bertz CT molecular complexity index is 1440. The summed E-state index contributed by atoms with van der Waals surface area (Å²) in [5.74, 6) is -1.39. The molecule has 1 fully saturated rings. The minimum absolute atomic E-state index is 0.165. The number of rotatable bonds is 5. The van der Waals surface area contributed by atoms with E-state index in [4.69, 9.17) is 5.10 Å². The Morgan fingerprint density at radius 3 is 2.51 bits per heavy atom. The molecule has 0 radical (unpaired) electrons. The fourth-order valence-corrected chi connectivity index (χ4v) is 5.15. The van der Waals surface area contributed by atoms with Gasteiger partial charge < -0.3 is 9.80 Å². The third-order valence-electron chi connectivity index (χ3n) is 6.89. The van der Waals surface area contributed by atoms with Crippen molar-refractivity contribution in [2.24, 2.45) is 7.05 Å². The van der Waals surface area contributed by atoms with E-state index in [9.17, 15) is 13.6 Å². The number of aryl methyl sites for hydroxylation is 1. The number of hydrogen-bond acceptors (Lipinski definition) is 3. The van der Waals surface area contributed by atoms with Crippen molar-refractivity contribution < 1.29 is 18.1 Å². The molecule has 1 aliphatic heterocycles. The molecule has 0 spiro atoms. The van der Waals surface area contributed by atoms with E-state index in [1.165, 1.54) is 6.07 Å². The van der Waals surface area contributed by atoms with E-state index in [1.807, 2.05) is 50.5 Å². The van der Waals surface area contributed by atoms with Crippen LogP contribution in [0.5, 0.6) is 0 Å². The second kappa shape index (κ2) is 9.44. The molecule has 2 aromatic heterocycles. The highest BCUT2D eigenvalue weighted by atomic mass is 19.2. The maximum Gasteiger partial charge on any atom is 0.320 e. The summed E-state index contributed by atoms with van der Waals surface area (Å²) >= 11 is 0. The van der Waals surface area contributed by atoms with Gasteiger partial charge in [0.15, 0.2) is 11.6 Å². The third-order valence-corrected chi connectivity index (χ3v) is 6.89. The van der Waals surface area contributed by atoms with Crippen LogP contribution >= 0.6 is 0 Å². The van der Waals surface area contributed by atoms with Gasteiger partial charge in [-0.05, 0) is 36.8 Å². The zero-order valence-corrected chi connectivity index (χ0v) is 21.2. The maximum absolute atomic E-state index is 14.0. The largest absolute Gasteiger partial charge is 0.329 e. The molecule has 2 atom stereocenters. The molecule has 0 bridgehead atoms. The number of aromatic nitrogens is 4. The number of carbonyl (C=O) groups excluding carboxylic acids is 1. The Hall–Kier alpha value is -4.05. The summed E-state index contributed by atoms with van der Waals surface area (Å²) in [5, 5.41) is 15.1. The number of likely N-dealkylation sites (N-methyl/N-ethyl adjacent to an activating group) is 1. The fraction of sp³-hybridized carbons (Fsp3) is 0.296. The number of para-hydroxylation sites is 1. The lowest BCUT2D eigenvalue weighted by atomic mass is 9.94. The van der Waals surface area contributed by atoms with Crippen LogP contribution in [0.25, 0.3) is 16.9 Å². The van der Waals surface area contributed by atoms with E-state index in [2.05, 4.69) is 29.8 Å². The predicted molar refractivity (Wildman–Crippen MR) is 137 cm³/mol. The SMILES string of the molecule is Cc1c(-c2cnn(C)c2)nn(-c2ccccc2)c1NC(=O)N[C@@H]1C[N+](C)(C)C[C@H]1c1ccc(F)c(F)c1. The molecule has 4 aromatic rings. The van der Waals surface area contributed by atoms with Crippen LogP contribution in [-0.2, 0) is 7.05 Å². The first-order valence-corrected chi connectivity index (χ1v) is 12.1. The number of benzene rings is 2. The van der Waals surface area contributed by atoms with E-state index < -0.39 is 17.7 Å². The molecule has 10 heteroatoms. The normalized spacial score (nSPS) is 18.6. The molecule has 5 rings (SSSR count). The van der Waals surface area contributed by atoms with Gasteiger partial charge in [0.1, 0.15) is 11.5 Å². The van der Waals surface area contributed by atoms with Gasteiger partial charge in [0.05, 0.1) is 51.0 Å². The zero-order chi connectivity index (χ0) is 26.3. The number of likely N-dealkylation sites (tertiary alicyclic amines) is 1. The molecule has 1 saturated heterocycles. The standard InChI is InChI=1S/C27H29F2N7O/c1-17-25(19-13-30-34(2)14-19)33-35(20-8-6-5-7-9-20)26(17)32-27(37)31-24-16-36(3,4)15-21(24)18-10-11-22(28)23(29)12-18/h5-14,21,24H,15-16H2,1-4H3,(H-,31,32,33,37)/p+1/t21-,24+/m0/s1. The van der Waals surface area contributed by atoms with Crippen molar-refractivity contribution in [1.29, 1.82) is 0 Å². The highest BCUT2D eigenvalue weighted by Gasteiger charge is 2.42. The number of carbonyl (C=O) groups is 1. The Morgan fingerprint density at radius 1 is 1.08 bits per heavy atom. The monoisotopic (exact) mass is 506 g/mol. The molecule has 2 amide bonds. The Kier molecular flexibility index (Phi) is 6.28. The van der Waals surface area contributed by atoms with Crippen LogP contribution < -0.4 is 10.6 Å². The maximum atomic E-state index is 14.0. The summed E-state index contributed by atoms with van der Waals surface area (Å²) in [6.07, 6.45) is 3.61. The van der Waals surface area contributed by atoms with Crippen molar-refractivity contribution in [2.75, 3.05) is 32.5 Å². The van der Waals surface area contributed by atoms with Crippen LogP contribution in [0, 0.1) is 18.6 Å². The predicted octanol–water partition coefficient (Wildman–Crippen LogP) is 4.22. The van der Waals surface area contributed by atoms with E-state index in [0.717, 1.165) is 22.9 Å². The number of urea groups is 1. The fourth-order valence-electron chi connectivity index (χ4n) is 5.15. The van der Waals surface area contributed by atoms with Gasteiger partial charge in [0.25, 0.3) is 0 Å². The summed E-state index contributed by atoms with van der Waals surface area (Å²) in [7, 11) is 5.95. The first kappa shape index (κ1) is 24.6. The molecular formula is C27H30F2N7O+. The van der Waals surface area contributed by atoms with Crippen LogP contribution in [0.2, 0.25) is 0 Å². The van der Waals surface area contributed by atoms with Crippen molar-refractivity contribution in [3.05, 3.63) is 83.7 Å². The van der Waals surface area contributed by atoms with Gasteiger partial charge in [-0.25, -0.2) is 18.3 Å². The summed E-state index contributed by atoms with van der Waals surface area (Å²) < 4.78 is 31.6. The zero-order valence-electron chi connectivity index (χ0n) is 21.2. The Balaban J connectivity index is 1.44. The third kappa shape index (κ3) is 4.97. The number of hydrogen-bond donors (Lipinski definition) is 2. The van der Waals surface area contributed by atoms with E-state index in [1.54, 1.807) is 21.6 Å². The first-order chi connectivity index (χ1) is 17.6. The molecule has 37 heavy (non-hydrogen) atoms. The smallest absolute Gasteiger partial charge is 0.320 e. The first-order valence-electron chi connectivity index (χ1n) is 12.1. The number of nitrogens with one attached hydrogen (secondary N) is 2. The lowest BCUT2D eigenvalue weighted by molar-refractivity contribution is -0.878. The summed E-state index contributed by atoms with van der Waals surface area (Å²) in [5.41, 5.74) is 3.82. The van der Waals surface area contributed by atoms with Gasteiger partial charge in [-0.1, -0.05) is 24.3 Å². The van der Waals surface area contributed by atoms with E-state index in [0.29, 0.717) is 34.6 Å². The molecule has 8 nitrogen and oxygen atoms in total. The lowest BCUT2D eigenvalue weighted by Crippen LogP contribution is -2.44. The van der Waals surface area contributed by atoms with Gasteiger partial charge in [0.2, 0.25) is 0 Å². The molecule has 0 aliphatic carbocycles. The molecule has 0 unspecified atom stereocenters. The summed E-state index contributed by atoms with van der Waals surface area (Å²) in [6, 6.07) is 12.9. The quantitative estimate of drug-likeness (QED) is 0.398. The van der Waals surface area contributed by atoms with Crippen molar-refractivity contribution in [3.8, 4) is 16.9 Å². The van der Waals surface area contributed by atoms with Crippen LogP contribution in [-0.4, -0.2) is 63.3 Å². The van der Waals surface area contributed by atoms with Gasteiger partial charge >= 0.3 is 6.03 Å². The second-order valence-corrected chi connectivity index (χ2v) is 10.3. The average molecular weight is 507 g/mol. The second-order valence-electron chi connectivity index (χ2n) is 10.3. The molecule has 1 aliphatic rings. The minimum Gasteiger partial charge on any atom is -0.329 e. The van der Waals surface area contributed by atoms with Crippen molar-refractivity contribution in [1.82, 2.24) is 24.9 Å². The van der Waals surface area contributed by atoms with Crippen molar-refractivity contribution in [2.45, 2.75) is 18.9 Å². The van der Waals surface area contributed by atoms with E-state index >= 15 is 0 Å². The van der Waals surface area contributed by atoms with Crippen LogP contribution in [0.15, 0.2) is 60.9 Å². The van der Waals surface area contributed by atoms with Crippen LogP contribution in [0.3, 0.4) is 0 Å². The molecule has 3 heterocycles. The van der Waals surface area contributed by atoms with Crippen LogP contribution in [0.1, 0.15) is 17.0 Å². The number of anilines is 1. The van der Waals surface area contributed by atoms with Crippen LogP contribution in [0.4, 0.5) is 19.4 Å². The number of amides is 2. The molecular weight excluding hydrogens is 476 g/mol.